The molecule has 2 aliphatic carbocycles. The summed E-state index contributed by atoms with van der Waals surface area (Å²) >= 11 is -5.10. The molecule has 1 nitrogen and oxygen atoms in total. The van der Waals surface area contributed by atoms with Crippen LogP contribution in [0.4, 0.5) is 0 Å². The molecule has 0 spiro atoms. The van der Waals surface area contributed by atoms with Crippen molar-refractivity contribution in [2.45, 2.75) is 100 Å². The Labute approximate surface area is 326 Å². The molecule has 0 fully saturated rings. The zero-order chi connectivity index (χ0) is 38.4. The molecule has 7 rings (SSSR count). The van der Waals surface area contributed by atoms with Crippen LogP contribution in [-0.2, 0) is 25.8 Å². The van der Waals surface area contributed by atoms with Gasteiger partial charge in [0.05, 0.1) is 0 Å². The first-order chi connectivity index (χ1) is 24.7. The third-order valence-electron chi connectivity index (χ3n) is 12.2. The van der Waals surface area contributed by atoms with Gasteiger partial charge in [-0.05, 0) is 0 Å². The maximum absolute atomic E-state index is 8.76. The molecule has 0 saturated heterocycles. The minimum atomic E-state index is -5.10. The quantitative estimate of drug-likeness (QED) is 0.161. The van der Waals surface area contributed by atoms with Gasteiger partial charge in [-0.2, -0.15) is 0 Å². The predicted molar refractivity (Wildman–Crippen MR) is 230 cm³/mol. The van der Waals surface area contributed by atoms with Gasteiger partial charge in [0.2, 0.25) is 0 Å². The number of furan rings is 1. The summed E-state index contributed by atoms with van der Waals surface area (Å²) < 4.78 is 6.35. The molecule has 0 bridgehead atoms. The molecule has 0 N–H and O–H groups in total. The summed E-state index contributed by atoms with van der Waals surface area (Å²) in [5, 5.41) is 0. The Morgan fingerprint density at radius 1 is 0.566 bits per heavy atom. The molecule has 2 aliphatic rings. The molecule has 1 aromatic heterocycles. The van der Waals surface area contributed by atoms with Gasteiger partial charge >= 0.3 is 329 Å². The first kappa shape index (κ1) is 38.6. The minimum absolute atomic E-state index is 0.0295. The fraction of sp³-hybridized carbons (Fsp3) is 0.333. The van der Waals surface area contributed by atoms with Gasteiger partial charge in [-0.1, -0.05) is 0 Å². The van der Waals surface area contributed by atoms with Gasteiger partial charge in [0.1, 0.15) is 0 Å². The van der Waals surface area contributed by atoms with E-state index in [-0.39, 0.29) is 18.1 Å². The van der Waals surface area contributed by atoms with Crippen LogP contribution in [0.2, 0.25) is 13.1 Å². The fourth-order valence-corrected chi connectivity index (χ4v) is 38.2. The van der Waals surface area contributed by atoms with Crippen molar-refractivity contribution in [3.05, 3.63) is 147 Å². The molecule has 2 atom stereocenters. The Morgan fingerprint density at radius 3 is 1.43 bits per heavy atom. The Morgan fingerprint density at radius 2 is 1.02 bits per heavy atom. The molecule has 0 saturated carbocycles. The van der Waals surface area contributed by atoms with Crippen LogP contribution < -0.4 is 0 Å². The molecule has 274 valence electrons. The van der Waals surface area contributed by atoms with Crippen LogP contribution in [-0.4, -0.2) is 5.43 Å². The van der Waals surface area contributed by atoms with Crippen molar-refractivity contribution >= 4 is 40.2 Å². The molecule has 53 heavy (non-hydrogen) atoms. The Hall–Kier alpha value is -2.68. The normalized spacial score (nSPS) is 17.4. The summed E-state index contributed by atoms with van der Waals surface area (Å²) in [6.45, 7) is 27.1. The summed E-state index contributed by atoms with van der Waals surface area (Å²) in [6, 6.07) is 31.8. The maximum atomic E-state index is 8.76. The first-order valence-corrected chi connectivity index (χ1v) is 34.4. The van der Waals surface area contributed by atoms with E-state index in [9.17, 15) is 0 Å². The van der Waals surface area contributed by atoms with E-state index < -0.39 is 20.4 Å². The van der Waals surface area contributed by atoms with Crippen LogP contribution in [0.5, 0.6) is 0 Å². The summed E-state index contributed by atoms with van der Waals surface area (Å²) in [5.74, 6) is 1.77. The van der Waals surface area contributed by atoms with E-state index >= 15 is 0 Å². The standard InChI is InChI=1S/C25H25O.C21H23.C2H6Si.2ClH.Zr/c1-16-6-8-19-14-20(23-13-7-17(2)26-23)15-22(19)24(16)18-9-11-21(12-10-18)25(3,4)5;1-14-12-17-7-6-15(2)20(19(17)13-14)16-8-10-18(11-9-16)21(3,4)5;1-3-2;;;/h6-15H,1-5H3;6-13H,1-5H3;1-2H3;2*1H;/q;;;;;+2/p-2. The van der Waals surface area contributed by atoms with Gasteiger partial charge in [-0.15, -0.1) is 0 Å². The van der Waals surface area contributed by atoms with Crippen LogP contribution in [0.15, 0.2) is 94.9 Å². The molecule has 4 aromatic carbocycles. The number of allylic oxidation sites excluding steroid dienone is 2. The van der Waals surface area contributed by atoms with Crippen molar-refractivity contribution in [3.63, 3.8) is 0 Å². The van der Waals surface area contributed by atoms with Crippen molar-refractivity contribution in [1.82, 2.24) is 0 Å². The fourth-order valence-electron chi connectivity index (χ4n) is 9.13. The Balaban J connectivity index is 1.47. The van der Waals surface area contributed by atoms with Crippen molar-refractivity contribution in [1.29, 1.82) is 0 Å². The summed E-state index contributed by atoms with van der Waals surface area (Å²) in [5.41, 5.74) is 16.6. The zero-order valence-electron chi connectivity index (χ0n) is 33.6. The molecule has 0 aliphatic heterocycles. The molecule has 0 amide bonds. The second kappa shape index (κ2) is 13.2. The number of hydrogen-bond donors (Lipinski definition) is 0. The predicted octanol–water partition coefficient (Wildman–Crippen LogP) is 15.1. The molecular formula is C48H54Cl2OSiZr. The van der Waals surface area contributed by atoms with Crippen molar-refractivity contribution in [2.75, 3.05) is 0 Å². The monoisotopic (exact) mass is 834 g/mol. The van der Waals surface area contributed by atoms with Gasteiger partial charge in [0, 0.05) is 0 Å². The number of halogens is 2. The van der Waals surface area contributed by atoms with Crippen LogP contribution in [0.3, 0.4) is 0 Å². The average Bonchev–Trinajstić information content (AvgIpc) is 3.79. The number of benzene rings is 4. The van der Waals surface area contributed by atoms with Gasteiger partial charge in [-0.25, -0.2) is 0 Å². The van der Waals surface area contributed by atoms with Crippen LogP contribution in [0.1, 0.15) is 112 Å². The van der Waals surface area contributed by atoms with Gasteiger partial charge in [0.25, 0.3) is 0 Å². The van der Waals surface area contributed by atoms with Crippen molar-refractivity contribution < 1.29 is 19.4 Å². The van der Waals surface area contributed by atoms with E-state index in [4.69, 9.17) is 21.4 Å². The van der Waals surface area contributed by atoms with E-state index in [1.807, 2.05) is 6.92 Å². The summed E-state index contributed by atoms with van der Waals surface area (Å²) in [7, 11) is 17.5. The molecule has 2 unspecified atom stereocenters. The van der Waals surface area contributed by atoms with Crippen molar-refractivity contribution in [3.8, 4) is 22.3 Å². The molecular weight excluding hydrogens is 783 g/mol. The Bertz CT molecular complexity index is 2420. The second-order valence-electron chi connectivity index (χ2n) is 18.1. The van der Waals surface area contributed by atoms with E-state index in [2.05, 4.69) is 172 Å². The van der Waals surface area contributed by atoms with Crippen molar-refractivity contribution in [2.24, 2.45) is 0 Å². The van der Waals surface area contributed by atoms with Crippen LogP contribution in [0, 0.1) is 20.8 Å². The number of fused-ring (bicyclic) bond motifs is 2. The van der Waals surface area contributed by atoms with Crippen LogP contribution >= 0.6 is 17.0 Å². The van der Waals surface area contributed by atoms with E-state index in [0.29, 0.717) is 0 Å². The molecule has 1 heterocycles. The topological polar surface area (TPSA) is 13.1 Å². The van der Waals surface area contributed by atoms with E-state index in [0.717, 1.165) is 17.1 Å². The Kier molecular flexibility index (Phi) is 9.63. The van der Waals surface area contributed by atoms with E-state index in [1.54, 1.807) is 0 Å². The third kappa shape index (κ3) is 6.31. The number of rotatable bonds is 5. The average molecular weight is 837 g/mol. The molecule has 0 radical (unpaired) electrons. The summed E-state index contributed by atoms with van der Waals surface area (Å²) in [6.07, 6.45) is 4.80. The number of aryl methyl sites for hydroxylation is 3. The molecule has 5 heteroatoms. The number of hydrogen-bond acceptors (Lipinski definition) is 1. The summed E-state index contributed by atoms with van der Waals surface area (Å²) in [4.78, 5) is 0. The molecule has 5 aromatic rings. The van der Waals surface area contributed by atoms with Gasteiger partial charge < -0.3 is 0 Å². The van der Waals surface area contributed by atoms with Gasteiger partial charge in [-0.3, -0.25) is 0 Å². The first-order valence-electron chi connectivity index (χ1n) is 19.0. The second-order valence-corrected chi connectivity index (χ2v) is 56.9. The zero-order valence-corrected chi connectivity index (χ0v) is 38.5. The SMILES string of the molecule is CC1=Cc2c(ccc(C)c2-c2ccc(C(C)(C)C)cc2)[CH]1[Zr]([Cl])([Cl])([CH]1C(c2ccc(C)o2)=Cc2c1ccc(C)c2-c1ccc(C(C)(C)C)cc1)=[Si](C)C. The van der Waals surface area contributed by atoms with Crippen LogP contribution in [0.25, 0.3) is 40.0 Å². The third-order valence-corrected chi connectivity index (χ3v) is 58.8. The van der Waals surface area contributed by atoms with E-state index in [1.165, 1.54) is 72.3 Å². The van der Waals surface area contributed by atoms with Gasteiger partial charge in [0.15, 0.2) is 0 Å².